The quantitative estimate of drug-likeness (QED) is 0.675. The minimum atomic E-state index is 0.0499. The molecule has 2 rings (SSSR count). The summed E-state index contributed by atoms with van der Waals surface area (Å²) in [5, 5.41) is 0.754. The van der Waals surface area contributed by atoms with Crippen LogP contribution in [0.3, 0.4) is 0 Å². The Bertz CT molecular complexity index is 568. The first-order valence-electron chi connectivity index (χ1n) is 6.82. The Morgan fingerprint density at radius 2 is 1.95 bits per heavy atom. The zero-order valence-corrected chi connectivity index (χ0v) is 14.0. The maximum atomic E-state index is 6.01. The summed E-state index contributed by atoms with van der Waals surface area (Å²) in [6.07, 6.45) is 0.0499. The van der Waals surface area contributed by atoms with E-state index in [1.807, 2.05) is 35.6 Å². The van der Waals surface area contributed by atoms with Gasteiger partial charge in [-0.05, 0) is 42.2 Å². The summed E-state index contributed by atoms with van der Waals surface area (Å²) in [6, 6.07) is 12.2. The smallest absolute Gasteiger partial charge is 0.0817 e. The first-order chi connectivity index (χ1) is 9.36. The van der Waals surface area contributed by atoms with Crippen molar-refractivity contribution in [2.75, 3.05) is 0 Å². The van der Waals surface area contributed by atoms with Crippen LogP contribution < -0.4 is 0 Å². The number of halogens is 1. The van der Waals surface area contributed by atoms with Crippen LogP contribution in [0.5, 0.6) is 0 Å². The van der Waals surface area contributed by atoms with E-state index in [0.717, 1.165) is 10.6 Å². The van der Waals surface area contributed by atoms with Gasteiger partial charge in [-0.3, -0.25) is 0 Å². The molecule has 0 aliphatic carbocycles. The normalized spacial score (nSPS) is 13.4. The fourth-order valence-corrected chi connectivity index (χ4v) is 3.11. The molecule has 1 nitrogen and oxygen atoms in total. The second-order valence-electron chi connectivity index (χ2n) is 6.02. The van der Waals surface area contributed by atoms with E-state index in [9.17, 15) is 0 Å². The van der Waals surface area contributed by atoms with Gasteiger partial charge in [0.1, 0.15) is 0 Å². The Hall–Kier alpha value is -0.830. The Morgan fingerprint density at radius 3 is 2.55 bits per heavy atom. The average molecular weight is 309 g/mol. The van der Waals surface area contributed by atoms with Crippen LogP contribution in [0.25, 0.3) is 0 Å². The molecular formula is C17H21ClOS. The first kappa shape index (κ1) is 15.6. The highest BCUT2D eigenvalue weighted by molar-refractivity contribution is 7.12. The molecule has 1 aromatic heterocycles. The van der Waals surface area contributed by atoms with Gasteiger partial charge in [-0.1, -0.05) is 44.5 Å². The standard InChI is InChI=1S/C17H21ClOS/c1-12(13-6-5-7-14(18)10-13)19-11-15-8-9-16(20-15)17(2,3)4/h5-10,12H,11H2,1-4H3/t12-/m0/s1. The van der Waals surface area contributed by atoms with Gasteiger partial charge < -0.3 is 4.74 Å². The maximum Gasteiger partial charge on any atom is 0.0817 e. The average Bonchev–Trinajstić information content (AvgIpc) is 2.84. The highest BCUT2D eigenvalue weighted by atomic mass is 35.5. The van der Waals surface area contributed by atoms with Crippen LogP contribution in [-0.4, -0.2) is 0 Å². The topological polar surface area (TPSA) is 9.23 Å². The van der Waals surface area contributed by atoms with Crippen LogP contribution in [-0.2, 0) is 16.8 Å². The lowest BCUT2D eigenvalue weighted by atomic mass is 9.95. The van der Waals surface area contributed by atoms with Crippen LogP contribution in [0.4, 0.5) is 0 Å². The van der Waals surface area contributed by atoms with Gasteiger partial charge in [0.15, 0.2) is 0 Å². The third-order valence-corrected chi connectivity index (χ3v) is 4.91. The molecule has 0 unspecified atom stereocenters. The number of hydrogen-bond donors (Lipinski definition) is 0. The van der Waals surface area contributed by atoms with E-state index >= 15 is 0 Å². The predicted molar refractivity (Wildman–Crippen MR) is 87.7 cm³/mol. The molecule has 0 bridgehead atoms. The molecule has 0 saturated carbocycles. The Kier molecular flexibility index (Phi) is 4.90. The highest BCUT2D eigenvalue weighted by Gasteiger charge is 2.16. The second-order valence-corrected chi connectivity index (χ2v) is 7.63. The molecule has 0 amide bonds. The van der Waals surface area contributed by atoms with E-state index in [1.165, 1.54) is 9.75 Å². The molecule has 2 aromatic rings. The lowest BCUT2D eigenvalue weighted by Gasteiger charge is -2.15. The Morgan fingerprint density at radius 1 is 1.20 bits per heavy atom. The van der Waals surface area contributed by atoms with Crippen LogP contribution in [0.15, 0.2) is 36.4 Å². The van der Waals surface area contributed by atoms with Crippen molar-refractivity contribution in [2.24, 2.45) is 0 Å². The van der Waals surface area contributed by atoms with Crippen LogP contribution in [0, 0.1) is 0 Å². The molecule has 0 aliphatic rings. The van der Waals surface area contributed by atoms with Crippen molar-refractivity contribution < 1.29 is 4.74 Å². The highest BCUT2D eigenvalue weighted by Crippen LogP contribution is 2.30. The molecule has 1 heterocycles. The predicted octanol–water partition coefficient (Wildman–Crippen LogP) is 5.98. The van der Waals surface area contributed by atoms with Crippen molar-refractivity contribution in [3.8, 4) is 0 Å². The van der Waals surface area contributed by atoms with Crippen molar-refractivity contribution in [3.05, 3.63) is 56.7 Å². The number of benzene rings is 1. The molecule has 0 aliphatic heterocycles. The van der Waals surface area contributed by atoms with Gasteiger partial charge in [0.25, 0.3) is 0 Å². The third kappa shape index (κ3) is 4.08. The van der Waals surface area contributed by atoms with Crippen molar-refractivity contribution in [3.63, 3.8) is 0 Å². The van der Waals surface area contributed by atoms with Crippen molar-refractivity contribution in [1.29, 1.82) is 0 Å². The third-order valence-electron chi connectivity index (χ3n) is 3.19. The van der Waals surface area contributed by atoms with E-state index in [4.69, 9.17) is 16.3 Å². The SMILES string of the molecule is C[C@H](OCc1ccc(C(C)(C)C)s1)c1cccc(Cl)c1. The van der Waals surface area contributed by atoms with Crippen LogP contribution in [0.2, 0.25) is 5.02 Å². The molecule has 108 valence electrons. The number of hydrogen-bond acceptors (Lipinski definition) is 2. The fourth-order valence-electron chi connectivity index (χ4n) is 1.92. The number of thiophene rings is 1. The van der Waals surface area contributed by atoms with Gasteiger partial charge in [0.05, 0.1) is 12.7 Å². The summed E-state index contributed by atoms with van der Waals surface area (Å²) in [5.74, 6) is 0. The second kappa shape index (κ2) is 6.30. The summed E-state index contributed by atoms with van der Waals surface area (Å²) in [7, 11) is 0. The van der Waals surface area contributed by atoms with Gasteiger partial charge in [0, 0.05) is 14.8 Å². The molecule has 3 heteroatoms. The van der Waals surface area contributed by atoms with E-state index < -0.39 is 0 Å². The minimum absolute atomic E-state index is 0.0499. The van der Waals surface area contributed by atoms with Gasteiger partial charge in [-0.15, -0.1) is 11.3 Å². The summed E-state index contributed by atoms with van der Waals surface area (Å²) >= 11 is 7.84. The van der Waals surface area contributed by atoms with Gasteiger partial charge in [-0.25, -0.2) is 0 Å². The fraction of sp³-hybridized carbons (Fsp3) is 0.412. The summed E-state index contributed by atoms with van der Waals surface area (Å²) < 4.78 is 5.95. The minimum Gasteiger partial charge on any atom is -0.368 e. The summed E-state index contributed by atoms with van der Waals surface area (Å²) in [6.45, 7) is 9.41. The maximum absolute atomic E-state index is 6.01. The van der Waals surface area contributed by atoms with Crippen molar-refractivity contribution in [2.45, 2.75) is 45.8 Å². The monoisotopic (exact) mass is 308 g/mol. The Balaban J connectivity index is 1.97. The van der Waals surface area contributed by atoms with Crippen LogP contribution in [0.1, 0.15) is 49.1 Å². The van der Waals surface area contributed by atoms with E-state index in [2.05, 4.69) is 39.8 Å². The molecule has 1 atom stereocenters. The zero-order chi connectivity index (χ0) is 14.8. The van der Waals surface area contributed by atoms with Gasteiger partial charge >= 0.3 is 0 Å². The molecule has 0 radical (unpaired) electrons. The number of ether oxygens (including phenoxy) is 1. The molecule has 0 N–H and O–H groups in total. The van der Waals surface area contributed by atoms with Crippen molar-refractivity contribution >= 4 is 22.9 Å². The molecule has 20 heavy (non-hydrogen) atoms. The van der Waals surface area contributed by atoms with E-state index in [0.29, 0.717) is 6.61 Å². The van der Waals surface area contributed by atoms with Crippen molar-refractivity contribution in [1.82, 2.24) is 0 Å². The molecule has 0 spiro atoms. The van der Waals surface area contributed by atoms with E-state index in [-0.39, 0.29) is 11.5 Å². The summed E-state index contributed by atoms with van der Waals surface area (Å²) in [4.78, 5) is 2.66. The summed E-state index contributed by atoms with van der Waals surface area (Å²) in [5.41, 5.74) is 1.33. The number of rotatable bonds is 4. The van der Waals surface area contributed by atoms with Crippen LogP contribution >= 0.6 is 22.9 Å². The molecule has 1 aromatic carbocycles. The lowest BCUT2D eigenvalue weighted by Crippen LogP contribution is -2.07. The molecular weight excluding hydrogens is 288 g/mol. The zero-order valence-electron chi connectivity index (χ0n) is 12.4. The first-order valence-corrected chi connectivity index (χ1v) is 8.02. The molecule has 0 saturated heterocycles. The van der Waals surface area contributed by atoms with Gasteiger partial charge in [-0.2, -0.15) is 0 Å². The lowest BCUT2D eigenvalue weighted by molar-refractivity contribution is 0.0542. The van der Waals surface area contributed by atoms with Gasteiger partial charge in [0.2, 0.25) is 0 Å². The largest absolute Gasteiger partial charge is 0.368 e. The molecule has 0 fully saturated rings. The van der Waals surface area contributed by atoms with E-state index in [1.54, 1.807) is 0 Å². The Labute approximate surface area is 130 Å².